The monoisotopic (exact) mass is 566 g/mol. The van der Waals surface area contributed by atoms with Crippen molar-refractivity contribution in [2.24, 2.45) is 0 Å². The van der Waals surface area contributed by atoms with Crippen LogP contribution in [0.2, 0.25) is 0 Å². The minimum Gasteiger partial charge on any atom is -0.496 e. The van der Waals surface area contributed by atoms with Gasteiger partial charge in [0, 0.05) is 31.8 Å². The van der Waals surface area contributed by atoms with E-state index in [2.05, 4.69) is 6.07 Å². The molecule has 0 aliphatic carbocycles. The molecule has 0 bridgehead atoms. The number of sulfonamides is 1. The summed E-state index contributed by atoms with van der Waals surface area (Å²) >= 11 is 0.973. The van der Waals surface area contributed by atoms with E-state index in [1.165, 1.54) is 36.3 Å². The number of likely N-dealkylation sites (tertiary alicyclic amines) is 1. The van der Waals surface area contributed by atoms with Gasteiger partial charge in [0.25, 0.3) is 15.9 Å². The molecule has 2 aliphatic heterocycles. The van der Waals surface area contributed by atoms with Gasteiger partial charge in [-0.05, 0) is 42.1 Å². The Bertz CT molecular complexity index is 1600. The van der Waals surface area contributed by atoms with Gasteiger partial charge in [-0.25, -0.2) is 0 Å². The molecule has 3 unspecified atom stereocenters. The number of fused-ring (bicyclic) bond motifs is 1. The highest BCUT2D eigenvalue weighted by molar-refractivity contribution is 7.95. The smallest absolute Gasteiger partial charge is 0.280 e. The molecule has 5 rings (SSSR count). The molecule has 2 amide bonds. The molecule has 10 nitrogen and oxygen atoms in total. The Morgan fingerprint density at radius 3 is 2.56 bits per heavy atom. The van der Waals surface area contributed by atoms with E-state index in [9.17, 15) is 28.4 Å². The van der Waals surface area contributed by atoms with Crippen molar-refractivity contribution in [2.45, 2.75) is 28.3 Å². The van der Waals surface area contributed by atoms with Crippen LogP contribution in [0.3, 0.4) is 0 Å². The number of benzene rings is 2. The van der Waals surface area contributed by atoms with Crippen LogP contribution in [0.25, 0.3) is 0 Å². The number of thiophene rings is 1. The van der Waals surface area contributed by atoms with Crippen molar-refractivity contribution >= 4 is 38.9 Å². The van der Waals surface area contributed by atoms with Crippen molar-refractivity contribution in [1.82, 2.24) is 9.80 Å². The van der Waals surface area contributed by atoms with Crippen LogP contribution in [-0.2, 0) is 25.2 Å². The number of anilines is 1. The Hall–Kier alpha value is -3.76. The normalized spacial score (nSPS) is 22.9. The molecule has 1 N–H and O–H groups in total. The number of para-hydroxylation sites is 1. The first-order chi connectivity index (χ1) is 18.6. The topological polar surface area (TPSA) is 131 Å². The third kappa shape index (κ3) is 3.92. The number of rotatable bonds is 6. The van der Waals surface area contributed by atoms with Crippen LogP contribution in [0.5, 0.6) is 5.75 Å². The zero-order valence-electron chi connectivity index (χ0n) is 21.4. The maximum Gasteiger partial charge on any atom is 0.280 e. The number of β-amino-alcohol motifs (C(OH)–C–C–N with tert-alkyl or cyclic N) is 1. The van der Waals surface area contributed by atoms with Gasteiger partial charge in [0.2, 0.25) is 5.91 Å². The highest BCUT2D eigenvalue weighted by Gasteiger charge is 2.64. The van der Waals surface area contributed by atoms with E-state index in [-0.39, 0.29) is 45.6 Å². The van der Waals surface area contributed by atoms with Gasteiger partial charge < -0.3 is 14.7 Å². The fraction of sp³-hybridized carbons (Fsp3) is 0.296. The third-order valence-electron chi connectivity index (χ3n) is 7.15. The number of nitrogens with zero attached hydrogens (tertiary/aromatic N) is 4. The second-order valence-corrected chi connectivity index (χ2v) is 12.5. The van der Waals surface area contributed by atoms with Crippen molar-refractivity contribution in [2.75, 3.05) is 32.1 Å². The molecule has 202 valence electrons. The van der Waals surface area contributed by atoms with E-state index in [1.54, 1.807) is 54.7 Å². The highest BCUT2D eigenvalue weighted by atomic mass is 32.2. The largest absolute Gasteiger partial charge is 0.496 e. The Balaban J connectivity index is 1.90. The lowest BCUT2D eigenvalue weighted by Crippen LogP contribution is -2.59. The van der Waals surface area contributed by atoms with Crippen molar-refractivity contribution in [1.29, 1.82) is 5.26 Å². The summed E-state index contributed by atoms with van der Waals surface area (Å²) in [5, 5.41) is 22.2. The lowest BCUT2D eigenvalue weighted by atomic mass is 9.80. The second-order valence-electron chi connectivity index (χ2n) is 9.55. The lowest BCUT2D eigenvalue weighted by molar-refractivity contribution is -0.138. The van der Waals surface area contributed by atoms with E-state index >= 15 is 0 Å². The predicted molar refractivity (Wildman–Crippen MR) is 144 cm³/mol. The molecule has 3 atom stereocenters. The van der Waals surface area contributed by atoms with Crippen LogP contribution in [0.15, 0.2) is 64.2 Å². The van der Waals surface area contributed by atoms with Crippen LogP contribution < -0.4 is 9.04 Å². The fourth-order valence-corrected chi connectivity index (χ4v) is 8.06. The van der Waals surface area contributed by atoms with Crippen LogP contribution >= 0.6 is 11.3 Å². The number of ether oxygens (including phenoxy) is 1. The van der Waals surface area contributed by atoms with Crippen molar-refractivity contribution in [3.05, 3.63) is 76.7 Å². The van der Waals surface area contributed by atoms with Gasteiger partial charge in [-0.15, -0.1) is 11.3 Å². The van der Waals surface area contributed by atoms with Gasteiger partial charge in [-0.1, -0.05) is 24.3 Å². The van der Waals surface area contributed by atoms with Crippen LogP contribution in [-0.4, -0.2) is 75.0 Å². The molecule has 3 heterocycles. The summed E-state index contributed by atoms with van der Waals surface area (Å²) in [4.78, 5) is 31.3. The number of aliphatic hydroxyl groups excluding tert-OH is 1. The number of likely N-dealkylation sites (N-methyl/N-ethyl adjacent to an activating group) is 1. The maximum atomic E-state index is 14.9. The summed E-state index contributed by atoms with van der Waals surface area (Å²) in [7, 11) is 0.204. The van der Waals surface area contributed by atoms with Gasteiger partial charge in [-0.2, -0.15) is 18.0 Å². The number of carbonyl (C=O) groups excluding carboxylic acids is 2. The van der Waals surface area contributed by atoms with Crippen LogP contribution in [0.4, 0.5) is 5.69 Å². The molecule has 2 aliphatic rings. The van der Waals surface area contributed by atoms with E-state index in [4.69, 9.17) is 4.74 Å². The molecule has 0 spiro atoms. The van der Waals surface area contributed by atoms with Gasteiger partial charge in [0.1, 0.15) is 9.96 Å². The summed E-state index contributed by atoms with van der Waals surface area (Å²) in [6.45, 7) is -0.100. The quantitative estimate of drug-likeness (QED) is 0.480. The Morgan fingerprint density at radius 1 is 1.18 bits per heavy atom. The molecule has 0 saturated carbocycles. The number of hydrogen-bond acceptors (Lipinski definition) is 9. The molecule has 12 heteroatoms. The van der Waals surface area contributed by atoms with Gasteiger partial charge >= 0.3 is 0 Å². The first-order valence-corrected chi connectivity index (χ1v) is 14.4. The molecule has 1 aromatic heterocycles. The molecule has 2 aromatic carbocycles. The number of methoxy groups -OCH3 is 1. The molecular formula is C27H26N4O6S2. The maximum absolute atomic E-state index is 14.9. The summed E-state index contributed by atoms with van der Waals surface area (Å²) in [5.74, 6) is -0.922. The fourth-order valence-electron chi connectivity index (χ4n) is 5.54. The highest BCUT2D eigenvalue weighted by Crippen LogP contribution is 2.54. The molecule has 39 heavy (non-hydrogen) atoms. The average molecular weight is 567 g/mol. The first-order valence-electron chi connectivity index (χ1n) is 12.1. The molecule has 3 aromatic rings. The standard InChI is InChI=1S/C27H26N4O6S2/c1-29(2)25(33)22-14-18(32)16-30(22)27(19-7-4-5-8-23(19)37-3)20-13-17(15-28)10-11-21(20)31(26(27)34)39(35,36)24-9-6-12-38-24/h4-13,18,22,32H,14,16H2,1-3H3. The lowest BCUT2D eigenvalue weighted by Gasteiger charge is -2.42. The minimum absolute atomic E-state index is 0.0339. The van der Waals surface area contributed by atoms with Gasteiger partial charge in [-0.3, -0.25) is 14.5 Å². The van der Waals surface area contributed by atoms with Gasteiger partial charge in [0.05, 0.1) is 36.6 Å². The van der Waals surface area contributed by atoms with Crippen LogP contribution in [0, 0.1) is 11.3 Å². The molecule has 1 saturated heterocycles. The summed E-state index contributed by atoms with van der Waals surface area (Å²) < 4.78 is 34.3. The van der Waals surface area contributed by atoms with E-state index in [0.717, 1.165) is 15.6 Å². The minimum atomic E-state index is -4.38. The van der Waals surface area contributed by atoms with E-state index in [1.807, 2.05) is 0 Å². The Kier molecular flexibility index (Phi) is 6.72. The average Bonchev–Trinajstić information content (AvgIpc) is 3.65. The molecular weight excluding hydrogens is 540 g/mol. The zero-order valence-corrected chi connectivity index (χ0v) is 23.1. The molecule has 0 radical (unpaired) electrons. The van der Waals surface area contributed by atoms with E-state index in [0.29, 0.717) is 5.56 Å². The van der Waals surface area contributed by atoms with Crippen molar-refractivity contribution in [3.8, 4) is 11.8 Å². The first kappa shape index (κ1) is 26.8. The number of amides is 2. The van der Waals surface area contributed by atoms with Crippen LogP contribution in [0.1, 0.15) is 23.1 Å². The summed E-state index contributed by atoms with van der Waals surface area (Å²) in [6.07, 6.45) is -0.935. The Labute approximate surface area is 230 Å². The van der Waals surface area contributed by atoms with E-state index < -0.39 is 33.6 Å². The predicted octanol–water partition coefficient (Wildman–Crippen LogP) is 2.13. The number of hydrogen-bond donors (Lipinski definition) is 1. The third-order valence-corrected chi connectivity index (χ3v) is 10.2. The SMILES string of the molecule is COc1ccccc1C1(N2CC(O)CC2C(=O)N(C)C)C(=O)N(S(=O)(=O)c2cccs2)c2ccc(C#N)cc21. The van der Waals surface area contributed by atoms with Gasteiger partial charge in [0.15, 0.2) is 5.54 Å². The van der Waals surface area contributed by atoms with Crippen molar-refractivity contribution in [3.63, 3.8) is 0 Å². The summed E-state index contributed by atoms with van der Waals surface area (Å²) in [5.41, 5.74) is -1.14. The number of carbonyl (C=O) groups is 2. The second kappa shape index (κ2) is 9.77. The number of aliphatic hydroxyl groups is 1. The number of nitriles is 1. The van der Waals surface area contributed by atoms with Crippen molar-refractivity contribution < 1.29 is 27.9 Å². The summed E-state index contributed by atoms with van der Waals surface area (Å²) in [6, 6.07) is 15.1. The molecule has 1 fully saturated rings. The zero-order chi connectivity index (χ0) is 28.1. The Morgan fingerprint density at radius 2 is 1.92 bits per heavy atom.